The molecule has 3 aliphatic heterocycles. The summed E-state index contributed by atoms with van der Waals surface area (Å²) in [4.78, 5) is 43.4. The molecule has 4 amide bonds. The van der Waals surface area contributed by atoms with Crippen molar-refractivity contribution in [2.24, 2.45) is 5.92 Å². The van der Waals surface area contributed by atoms with Crippen LogP contribution in [0.1, 0.15) is 80.7 Å². The third-order valence-corrected chi connectivity index (χ3v) is 10.0. The number of amides is 4. The number of imide groups is 1. The molecule has 12 heteroatoms. The van der Waals surface area contributed by atoms with Crippen LogP contribution in [-0.2, 0) is 4.79 Å². The van der Waals surface area contributed by atoms with Crippen LogP contribution in [0.5, 0.6) is 0 Å². The molecule has 2 N–H and O–H groups in total. The first-order valence-electron chi connectivity index (χ1n) is 16.7. The minimum Gasteiger partial charge on any atom is -0.355 e. The van der Waals surface area contributed by atoms with E-state index in [4.69, 9.17) is 5.10 Å². The highest BCUT2D eigenvalue weighted by Gasteiger charge is 2.29. The summed E-state index contributed by atoms with van der Waals surface area (Å²) in [6.07, 6.45) is 12.2. The summed E-state index contributed by atoms with van der Waals surface area (Å²) in [7, 11) is 0. The highest BCUT2D eigenvalue weighted by Crippen LogP contribution is 2.33. The molecule has 2 aromatic heterocycles. The molecule has 0 spiro atoms. The van der Waals surface area contributed by atoms with Crippen LogP contribution in [0, 0.1) is 5.92 Å². The fourth-order valence-corrected chi connectivity index (χ4v) is 7.63. The van der Waals surface area contributed by atoms with Crippen LogP contribution >= 0.6 is 0 Å². The largest absolute Gasteiger partial charge is 0.355 e. The smallest absolute Gasteiger partial charge is 0.328 e. The second-order valence-corrected chi connectivity index (χ2v) is 13.1. The number of carbonyl (C=O) groups excluding carboxylic acids is 3. The van der Waals surface area contributed by atoms with E-state index in [0.717, 1.165) is 87.2 Å². The Bertz CT molecular complexity index is 1530. The van der Waals surface area contributed by atoms with Crippen LogP contribution in [-0.4, -0.2) is 88.0 Å². The van der Waals surface area contributed by atoms with E-state index < -0.39 is 0 Å². The van der Waals surface area contributed by atoms with Gasteiger partial charge in [0.2, 0.25) is 5.91 Å². The minimum absolute atomic E-state index is 0.114. The van der Waals surface area contributed by atoms with E-state index in [9.17, 15) is 14.4 Å². The zero-order valence-corrected chi connectivity index (χ0v) is 25.9. The minimum atomic E-state index is -0.373. The summed E-state index contributed by atoms with van der Waals surface area (Å²) in [5.41, 5.74) is 2.22. The molecule has 3 aromatic rings. The van der Waals surface area contributed by atoms with Gasteiger partial charge < -0.3 is 15.1 Å². The maximum absolute atomic E-state index is 12.7. The maximum atomic E-state index is 12.7. The number of piperidine rings is 2. The summed E-state index contributed by atoms with van der Waals surface area (Å²) in [5, 5.41) is 20.0. The lowest BCUT2D eigenvalue weighted by Crippen LogP contribution is -2.49. The monoisotopic (exact) mass is 613 g/mol. The Kier molecular flexibility index (Phi) is 8.64. The molecule has 3 saturated heterocycles. The number of rotatable bonds is 7. The van der Waals surface area contributed by atoms with Gasteiger partial charge in [0.1, 0.15) is 0 Å². The fourth-order valence-electron chi connectivity index (χ4n) is 7.63. The van der Waals surface area contributed by atoms with E-state index >= 15 is 0 Å². The van der Waals surface area contributed by atoms with Crippen molar-refractivity contribution in [2.45, 2.75) is 76.3 Å². The zero-order chi connectivity index (χ0) is 30.8. The summed E-state index contributed by atoms with van der Waals surface area (Å²) in [6.45, 7) is 5.38. The van der Waals surface area contributed by atoms with Gasteiger partial charge in [-0.15, -0.1) is 10.2 Å². The first-order valence-corrected chi connectivity index (χ1v) is 16.7. The van der Waals surface area contributed by atoms with Crippen molar-refractivity contribution in [3.63, 3.8) is 0 Å². The number of benzene rings is 1. The van der Waals surface area contributed by atoms with Crippen molar-refractivity contribution in [1.29, 1.82) is 0 Å². The van der Waals surface area contributed by atoms with Crippen LogP contribution in [0.4, 0.5) is 16.3 Å². The highest BCUT2D eigenvalue weighted by molar-refractivity contribution is 6.09. The molecule has 0 bridgehead atoms. The second-order valence-electron chi connectivity index (χ2n) is 13.1. The van der Waals surface area contributed by atoms with Crippen molar-refractivity contribution in [3.8, 4) is 0 Å². The number of hydrogen-bond donors (Lipinski definition) is 2. The van der Waals surface area contributed by atoms with E-state index in [-0.39, 0.29) is 23.9 Å². The Labute approximate surface area is 263 Å². The second kappa shape index (κ2) is 13.1. The Morgan fingerprint density at radius 2 is 1.76 bits per heavy atom. The number of nitrogens with one attached hydrogen (secondary N) is 2. The van der Waals surface area contributed by atoms with Crippen molar-refractivity contribution in [3.05, 3.63) is 42.2 Å². The van der Waals surface area contributed by atoms with Gasteiger partial charge in [0.15, 0.2) is 11.5 Å². The molecule has 1 atom stereocenters. The van der Waals surface area contributed by atoms with Crippen LogP contribution in [0.15, 0.2) is 36.5 Å². The zero-order valence-electron chi connectivity index (χ0n) is 25.9. The Morgan fingerprint density at radius 1 is 0.911 bits per heavy atom. The van der Waals surface area contributed by atoms with Crippen LogP contribution in [0.3, 0.4) is 0 Å². The van der Waals surface area contributed by atoms with Gasteiger partial charge in [-0.3, -0.25) is 24.5 Å². The van der Waals surface area contributed by atoms with Gasteiger partial charge in [0.25, 0.3) is 5.91 Å². The third-order valence-electron chi connectivity index (χ3n) is 10.0. The summed E-state index contributed by atoms with van der Waals surface area (Å²) in [6, 6.07) is 9.92. The fraction of sp³-hybridized carbons (Fsp3) is 0.576. The number of urea groups is 1. The van der Waals surface area contributed by atoms with Gasteiger partial charge in [0.05, 0.1) is 23.4 Å². The van der Waals surface area contributed by atoms with Gasteiger partial charge >= 0.3 is 6.03 Å². The summed E-state index contributed by atoms with van der Waals surface area (Å²) in [5.74, 6) is 1.06. The van der Waals surface area contributed by atoms with Crippen molar-refractivity contribution < 1.29 is 14.4 Å². The number of carbonyl (C=O) groups is 3. The van der Waals surface area contributed by atoms with Crippen LogP contribution < -0.4 is 20.4 Å². The molecule has 5 heterocycles. The Morgan fingerprint density at radius 3 is 2.53 bits per heavy atom. The molecular weight excluding hydrogens is 570 g/mol. The van der Waals surface area contributed by atoms with Crippen molar-refractivity contribution in [2.75, 3.05) is 49.1 Å². The Balaban J connectivity index is 0.923. The van der Waals surface area contributed by atoms with Gasteiger partial charge in [-0.05, 0) is 68.7 Å². The van der Waals surface area contributed by atoms with E-state index in [1.54, 1.807) is 4.90 Å². The molecule has 4 fully saturated rings. The molecular formula is C33H43N9O3. The van der Waals surface area contributed by atoms with Gasteiger partial charge in [-0.2, -0.15) is 5.10 Å². The molecule has 1 saturated carbocycles. The van der Waals surface area contributed by atoms with Gasteiger partial charge in [-0.25, -0.2) is 4.79 Å². The average molecular weight is 614 g/mol. The first-order chi connectivity index (χ1) is 22.0. The number of likely N-dealkylation sites (tertiary alicyclic amines) is 1. The third kappa shape index (κ3) is 6.51. The van der Waals surface area contributed by atoms with Crippen LogP contribution in [0.2, 0.25) is 0 Å². The first kappa shape index (κ1) is 29.6. The average Bonchev–Trinajstić information content (AvgIpc) is 3.51. The normalized spacial score (nSPS) is 22.5. The van der Waals surface area contributed by atoms with Crippen molar-refractivity contribution >= 4 is 40.3 Å². The van der Waals surface area contributed by atoms with E-state index in [1.165, 1.54) is 25.7 Å². The Hall–Kier alpha value is -4.06. The molecule has 45 heavy (non-hydrogen) atoms. The predicted octanol–water partition coefficient (Wildman–Crippen LogP) is 3.89. The SMILES string of the molecule is O=C1CCN(c2cccc3c2cnn3C2CCN(CC3CCCN(c4ccc(C(=O)NC5CCCCC5)nn4)C3)CC2)C(=O)N1. The number of nitrogens with zero attached hydrogens (tertiary/aromatic N) is 7. The lowest BCUT2D eigenvalue weighted by Gasteiger charge is -2.38. The van der Waals surface area contributed by atoms with E-state index in [1.807, 2.05) is 30.5 Å². The maximum Gasteiger partial charge on any atom is 0.328 e. The quantitative estimate of drug-likeness (QED) is 0.411. The van der Waals surface area contributed by atoms with Crippen molar-refractivity contribution in [1.82, 2.24) is 35.5 Å². The number of anilines is 2. The number of hydrogen-bond acceptors (Lipinski definition) is 8. The predicted molar refractivity (Wildman–Crippen MR) is 171 cm³/mol. The van der Waals surface area contributed by atoms with Gasteiger partial charge in [0, 0.05) is 57.1 Å². The molecule has 1 aromatic carbocycles. The number of aromatic nitrogens is 4. The molecule has 238 valence electrons. The molecule has 7 rings (SSSR count). The topological polar surface area (TPSA) is 129 Å². The molecule has 1 unspecified atom stereocenters. The van der Waals surface area contributed by atoms with E-state index in [0.29, 0.717) is 30.6 Å². The molecule has 0 radical (unpaired) electrons. The summed E-state index contributed by atoms with van der Waals surface area (Å²) < 4.78 is 2.13. The summed E-state index contributed by atoms with van der Waals surface area (Å²) >= 11 is 0. The highest BCUT2D eigenvalue weighted by atomic mass is 16.2. The standard InChI is InChI=1S/C33H43N9O3/c43-31-15-19-41(33(45)36-31)28-9-4-10-29-26(28)20-34-42(29)25-13-17-39(18-14-25)21-23-6-5-16-40(22-23)30-12-11-27(37-38-30)32(44)35-24-7-2-1-3-8-24/h4,9-12,20,23-25H,1-3,5-8,13-19,21-22H2,(H,35,44)(H,36,43,45). The molecule has 12 nitrogen and oxygen atoms in total. The van der Waals surface area contributed by atoms with Gasteiger partial charge in [-0.1, -0.05) is 25.3 Å². The number of fused-ring (bicyclic) bond motifs is 1. The molecule has 1 aliphatic carbocycles. The lowest BCUT2D eigenvalue weighted by molar-refractivity contribution is -0.120. The molecule has 4 aliphatic rings. The van der Waals surface area contributed by atoms with Crippen LogP contribution in [0.25, 0.3) is 10.9 Å². The lowest BCUT2D eigenvalue weighted by atomic mass is 9.95. The van der Waals surface area contributed by atoms with E-state index in [2.05, 4.69) is 41.4 Å².